The molecule has 11 aromatic rings. The summed E-state index contributed by atoms with van der Waals surface area (Å²) in [7, 11) is 0. The molecule has 0 saturated carbocycles. The van der Waals surface area contributed by atoms with Gasteiger partial charge in [0.1, 0.15) is 4.83 Å². The highest BCUT2D eigenvalue weighted by Crippen LogP contribution is 2.45. The lowest BCUT2D eigenvalue weighted by molar-refractivity contribution is 1.02. The van der Waals surface area contributed by atoms with Crippen LogP contribution in [0.2, 0.25) is 0 Å². The standard InChI is InChI=1S/C40H21N3S3/c1-5-16-30-22(10-1)28-21-35-29(24-12-3-6-17-32(24)44-35)20-31(28)43(30)40-41-37(36-26-13-4-8-19-34(26)46-39(36)42-40)27-15-9-14-25-23-11-2-7-18-33(23)45-38(25)27/h1-21H. The van der Waals surface area contributed by atoms with E-state index in [4.69, 9.17) is 9.97 Å². The fourth-order valence-corrected chi connectivity index (χ4v) is 10.7. The Labute approximate surface area is 274 Å². The molecule has 6 aromatic carbocycles. The molecule has 214 valence electrons. The van der Waals surface area contributed by atoms with Gasteiger partial charge in [0.25, 0.3) is 0 Å². The minimum absolute atomic E-state index is 0.706. The number of nitrogens with zero attached hydrogens (tertiary/aromatic N) is 3. The van der Waals surface area contributed by atoms with Crippen molar-refractivity contribution in [2.75, 3.05) is 0 Å². The van der Waals surface area contributed by atoms with E-state index in [2.05, 4.69) is 132 Å². The van der Waals surface area contributed by atoms with Crippen LogP contribution in [0.4, 0.5) is 0 Å². The first kappa shape index (κ1) is 25.1. The van der Waals surface area contributed by atoms with Crippen LogP contribution in [0.25, 0.3) is 99.7 Å². The molecule has 11 rings (SSSR count). The molecule has 0 aliphatic carbocycles. The molecule has 0 unspecified atom stereocenters. The summed E-state index contributed by atoms with van der Waals surface area (Å²) in [4.78, 5) is 11.9. The van der Waals surface area contributed by atoms with Gasteiger partial charge in [0.15, 0.2) is 0 Å². The second-order valence-corrected chi connectivity index (χ2v) is 14.9. The third-order valence-corrected chi connectivity index (χ3v) is 12.7. The smallest absolute Gasteiger partial charge is 0.236 e. The van der Waals surface area contributed by atoms with E-state index in [0.29, 0.717) is 5.95 Å². The zero-order valence-corrected chi connectivity index (χ0v) is 26.6. The molecular weight excluding hydrogens is 619 g/mol. The number of fused-ring (bicyclic) bond motifs is 12. The lowest BCUT2D eigenvalue weighted by atomic mass is 10.0. The third-order valence-electron chi connectivity index (χ3n) is 9.26. The summed E-state index contributed by atoms with van der Waals surface area (Å²) < 4.78 is 8.67. The predicted molar refractivity (Wildman–Crippen MR) is 200 cm³/mol. The second kappa shape index (κ2) is 9.21. The number of para-hydroxylation sites is 1. The summed E-state index contributed by atoms with van der Waals surface area (Å²) in [5.41, 5.74) is 4.39. The maximum Gasteiger partial charge on any atom is 0.236 e. The Morgan fingerprint density at radius 1 is 0.435 bits per heavy atom. The average Bonchev–Trinajstić information content (AvgIpc) is 3.85. The largest absolute Gasteiger partial charge is 0.278 e. The number of benzene rings is 6. The van der Waals surface area contributed by atoms with Crippen molar-refractivity contribution in [1.29, 1.82) is 0 Å². The van der Waals surface area contributed by atoms with Crippen LogP contribution in [0.5, 0.6) is 0 Å². The molecule has 6 heteroatoms. The van der Waals surface area contributed by atoms with Crippen LogP contribution in [0.3, 0.4) is 0 Å². The minimum atomic E-state index is 0.706. The van der Waals surface area contributed by atoms with Crippen LogP contribution >= 0.6 is 34.0 Å². The zero-order chi connectivity index (χ0) is 29.9. The number of aromatic nitrogens is 3. The highest BCUT2D eigenvalue weighted by Gasteiger charge is 2.22. The SMILES string of the molecule is c1ccc2c(c1)sc1cc3c4ccccc4n(-c4nc(-c5cccc6c5sc5ccccc56)c5c(n4)sc4ccccc45)c3cc12. The topological polar surface area (TPSA) is 30.7 Å². The number of thiophene rings is 3. The van der Waals surface area contributed by atoms with Gasteiger partial charge in [-0.1, -0.05) is 91.0 Å². The third kappa shape index (κ3) is 3.35. The van der Waals surface area contributed by atoms with Gasteiger partial charge in [-0.15, -0.1) is 34.0 Å². The van der Waals surface area contributed by atoms with Crippen LogP contribution in [0.15, 0.2) is 127 Å². The van der Waals surface area contributed by atoms with Crippen LogP contribution in [0.1, 0.15) is 0 Å². The molecule has 0 spiro atoms. The van der Waals surface area contributed by atoms with Crippen molar-refractivity contribution in [1.82, 2.24) is 14.5 Å². The summed E-state index contributed by atoms with van der Waals surface area (Å²) in [5, 5.41) is 9.90. The van der Waals surface area contributed by atoms with Crippen molar-refractivity contribution in [3.63, 3.8) is 0 Å². The monoisotopic (exact) mass is 639 g/mol. The molecule has 0 saturated heterocycles. The van der Waals surface area contributed by atoms with Gasteiger partial charge in [0.2, 0.25) is 5.95 Å². The van der Waals surface area contributed by atoms with E-state index in [1.807, 2.05) is 22.7 Å². The zero-order valence-electron chi connectivity index (χ0n) is 24.2. The average molecular weight is 640 g/mol. The highest BCUT2D eigenvalue weighted by atomic mass is 32.1. The highest BCUT2D eigenvalue weighted by molar-refractivity contribution is 7.27. The lowest BCUT2D eigenvalue weighted by Gasteiger charge is -2.11. The Hall–Kier alpha value is -5.14. The molecule has 0 aliphatic heterocycles. The van der Waals surface area contributed by atoms with Crippen LogP contribution in [-0.4, -0.2) is 14.5 Å². The second-order valence-electron chi connectivity index (χ2n) is 11.7. The molecule has 0 N–H and O–H groups in total. The number of hydrogen-bond donors (Lipinski definition) is 0. The molecule has 5 aromatic heterocycles. The van der Waals surface area contributed by atoms with Gasteiger partial charge in [-0.05, 0) is 36.4 Å². The van der Waals surface area contributed by atoms with Gasteiger partial charge >= 0.3 is 0 Å². The van der Waals surface area contributed by atoms with Crippen LogP contribution in [0, 0.1) is 0 Å². The van der Waals surface area contributed by atoms with Crippen molar-refractivity contribution < 1.29 is 0 Å². The van der Waals surface area contributed by atoms with E-state index in [1.54, 1.807) is 11.3 Å². The van der Waals surface area contributed by atoms with Crippen LogP contribution in [-0.2, 0) is 0 Å². The maximum atomic E-state index is 5.55. The van der Waals surface area contributed by atoms with E-state index < -0.39 is 0 Å². The van der Waals surface area contributed by atoms with Crippen molar-refractivity contribution >= 4 is 116 Å². The number of rotatable bonds is 2. The Morgan fingerprint density at radius 3 is 1.91 bits per heavy atom. The Balaban J connectivity index is 1.30. The molecule has 0 atom stereocenters. The first-order chi connectivity index (χ1) is 22.8. The summed E-state index contributed by atoms with van der Waals surface area (Å²) in [6, 6.07) is 46.1. The maximum absolute atomic E-state index is 5.55. The molecule has 46 heavy (non-hydrogen) atoms. The van der Waals surface area contributed by atoms with Crippen molar-refractivity contribution in [2.45, 2.75) is 0 Å². The van der Waals surface area contributed by atoms with Gasteiger partial charge < -0.3 is 0 Å². The minimum Gasteiger partial charge on any atom is -0.278 e. The Kier molecular flexibility index (Phi) is 5.02. The fraction of sp³-hybridized carbons (Fsp3) is 0. The van der Waals surface area contributed by atoms with Crippen LogP contribution < -0.4 is 0 Å². The van der Waals surface area contributed by atoms with Gasteiger partial charge in [-0.25, -0.2) is 9.97 Å². The summed E-state index contributed by atoms with van der Waals surface area (Å²) in [5.74, 6) is 0.706. The van der Waals surface area contributed by atoms with E-state index in [1.165, 1.54) is 61.2 Å². The fourth-order valence-electron chi connectivity index (χ4n) is 7.24. The molecule has 3 nitrogen and oxygen atoms in total. The summed E-state index contributed by atoms with van der Waals surface area (Å²) >= 11 is 5.46. The first-order valence-corrected chi connectivity index (χ1v) is 17.7. The molecule has 0 radical (unpaired) electrons. The van der Waals surface area contributed by atoms with E-state index in [-0.39, 0.29) is 0 Å². The lowest BCUT2D eigenvalue weighted by Crippen LogP contribution is -2.02. The summed E-state index contributed by atoms with van der Waals surface area (Å²) in [6.07, 6.45) is 0. The van der Waals surface area contributed by atoms with Gasteiger partial charge in [0.05, 0.1) is 16.7 Å². The quantitative estimate of drug-likeness (QED) is 0.188. The first-order valence-electron chi connectivity index (χ1n) is 15.2. The molecule has 0 bridgehead atoms. The Bertz CT molecular complexity index is 3050. The number of hydrogen-bond acceptors (Lipinski definition) is 5. The molecular formula is C40H21N3S3. The molecule has 0 aliphatic rings. The normalized spacial score (nSPS) is 12.3. The molecule has 0 amide bonds. The van der Waals surface area contributed by atoms with Crippen molar-refractivity contribution in [2.24, 2.45) is 0 Å². The Morgan fingerprint density at radius 2 is 1.09 bits per heavy atom. The van der Waals surface area contributed by atoms with E-state index >= 15 is 0 Å². The van der Waals surface area contributed by atoms with Crippen molar-refractivity contribution in [3.8, 4) is 17.2 Å². The summed E-state index contributed by atoms with van der Waals surface area (Å²) in [6.45, 7) is 0. The van der Waals surface area contributed by atoms with Gasteiger partial charge in [-0.2, -0.15) is 0 Å². The van der Waals surface area contributed by atoms with Gasteiger partial charge in [-0.3, -0.25) is 4.57 Å². The van der Waals surface area contributed by atoms with Gasteiger partial charge in [0, 0.05) is 72.2 Å². The van der Waals surface area contributed by atoms with E-state index in [0.717, 1.165) is 32.5 Å². The molecule has 0 fully saturated rings. The predicted octanol–water partition coefficient (Wildman–Crippen LogP) is 12.3. The van der Waals surface area contributed by atoms with E-state index in [9.17, 15) is 0 Å². The van der Waals surface area contributed by atoms with Crippen molar-refractivity contribution in [3.05, 3.63) is 127 Å². The molecule has 5 heterocycles.